The maximum absolute atomic E-state index is 12.4. The zero-order chi connectivity index (χ0) is 31.6. The molecule has 0 heterocycles. The molecular weight excluding hydrogens is 548 g/mol. The minimum atomic E-state index is -2.27. The molecule has 6 atom stereocenters. The number of carbonyl (C=O) groups excluding carboxylic acids is 6. The molecule has 0 spiro atoms. The summed E-state index contributed by atoms with van der Waals surface area (Å²) in [5.74, 6) is -5.72. The van der Waals surface area contributed by atoms with Crippen molar-refractivity contribution in [2.45, 2.75) is 124 Å². The molecule has 0 aromatic rings. The molecule has 0 radical (unpaired) electrons. The van der Waals surface area contributed by atoms with Crippen LogP contribution in [0.4, 0.5) is 0 Å². The van der Waals surface area contributed by atoms with Crippen molar-refractivity contribution in [1.82, 2.24) is 0 Å². The number of ether oxygens (including phenoxy) is 6. The van der Waals surface area contributed by atoms with Crippen molar-refractivity contribution in [2.24, 2.45) is 0 Å². The summed E-state index contributed by atoms with van der Waals surface area (Å²) >= 11 is 0. The van der Waals surface area contributed by atoms with E-state index in [0.717, 1.165) is 0 Å². The number of esters is 6. The van der Waals surface area contributed by atoms with E-state index in [1.807, 2.05) is 33.9 Å². The van der Waals surface area contributed by atoms with Crippen LogP contribution >= 0.6 is 0 Å². The first-order valence-corrected chi connectivity index (χ1v) is 15.9. The van der Waals surface area contributed by atoms with Crippen LogP contribution in [0.15, 0.2) is 0 Å². The highest BCUT2D eigenvalue weighted by Crippen LogP contribution is 2.37. The number of carbonyl (C=O) groups is 6. The largest absolute Gasteiger partial charge is 0.463 e. The fraction of sp³-hybridized carbons (Fsp3) is 0.769. The van der Waals surface area contributed by atoms with E-state index in [2.05, 4.69) is 0 Å². The first-order chi connectivity index (χ1) is 18.1. The van der Waals surface area contributed by atoms with Gasteiger partial charge < -0.3 is 32.8 Å². The summed E-state index contributed by atoms with van der Waals surface area (Å²) in [7, 11) is -2.27. The minimum absolute atomic E-state index is 0.0948. The Morgan fingerprint density at radius 2 is 0.775 bits per heavy atom. The molecule has 0 aromatic heterocycles. The molecule has 0 aromatic carbocycles. The third kappa shape index (κ3) is 12.0. The van der Waals surface area contributed by atoms with Gasteiger partial charge in [-0.25, -0.2) is 28.8 Å². The van der Waals surface area contributed by atoms with E-state index in [1.165, 1.54) is 41.5 Å². The van der Waals surface area contributed by atoms with E-state index in [4.69, 9.17) is 32.8 Å². The minimum Gasteiger partial charge on any atom is -0.463 e. The molecule has 0 amide bonds. The normalized spacial score (nSPS) is 16.2. The predicted molar refractivity (Wildman–Crippen MR) is 142 cm³/mol. The van der Waals surface area contributed by atoms with Crippen LogP contribution in [-0.4, -0.2) is 87.4 Å². The second-order valence-corrected chi connectivity index (χ2v) is 15.4. The third-order valence-corrected chi connectivity index (χ3v) is 10.6. The molecule has 0 aliphatic carbocycles. The SMILES string of the molecule is CCOC(=O)[C@H](C)OC(=O)[C@H](C)OC(=O)[C@H](C)OC(=O)[C@H](C)OC(=O)[C@H](C)OC(=O)[C@H](C)O[Si](C)(C)C(C)(C)C. The van der Waals surface area contributed by atoms with Gasteiger partial charge in [-0.05, 0) is 66.6 Å². The zero-order valence-corrected chi connectivity index (χ0v) is 26.5. The second-order valence-electron chi connectivity index (χ2n) is 10.7. The maximum Gasteiger partial charge on any atom is 0.347 e. The van der Waals surface area contributed by atoms with Gasteiger partial charge in [0, 0.05) is 0 Å². The Bertz CT molecular complexity index is 924. The smallest absolute Gasteiger partial charge is 0.347 e. The van der Waals surface area contributed by atoms with Gasteiger partial charge in [0.25, 0.3) is 0 Å². The van der Waals surface area contributed by atoms with E-state index in [9.17, 15) is 28.8 Å². The van der Waals surface area contributed by atoms with Gasteiger partial charge in [-0.1, -0.05) is 20.8 Å². The fourth-order valence-corrected chi connectivity index (χ4v) is 3.85. The Hall–Kier alpha value is -3.00. The average molecular weight is 593 g/mol. The summed E-state index contributed by atoms with van der Waals surface area (Å²) in [6, 6.07) is 0. The predicted octanol–water partition coefficient (Wildman–Crippen LogP) is 2.62. The highest BCUT2D eigenvalue weighted by atomic mass is 28.4. The Morgan fingerprint density at radius 3 is 1.02 bits per heavy atom. The molecule has 230 valence electrons. The van der Waals surface area contributed by atoms with Crippen LogP contribution in [0.1, 0.15) is 69.2 Å². The second kappa shape index (κ2) is 15.7. The van der Waals surface area contributed by atoms with Crippen molar-refractivity contribution in [3.05, 3.63) is 0 Å². The van der Waals surface area contributed by atoms with Crippen LogP contribution in [0.3, 0.4) is 0 Å². The van der Waals surface area contributed by atoms with E-state index in [0.29, 0.717) is 0 Å². The van der Waals surface area contributed by atoms with E-state index in [1.54, 1.807) is 6.92 Å². The van der Waals surface area contributed by atoms with Crippen molar-refractivity contribution in [3.8, 4) is 0 Å². The molecule has 14 heteroatoms. The van der Waals surface area contributed by atoms with Gasteiger partial charge in [0.05, 0.1) is 6.61 Å². The van der Waals surface area contributed by atoms with Crippen LogP contribution in [0, 0.1) is 0 Å². The van der Waals surface area contributed by atoms with Crippen molar-refractivity contribution < 1.29 is 61.6 Å². The topological polar surface area (TPSA) is 167 Å². The van der Waals surface area contributed by atoms with Crippen molar-refractivity contribution in [2.75, 3.05) is 6.61 Å². The highest BCUT2D eigenvalue weighted by molar-refractivity contribution is 6.74. The van der Waals surface area contributed by atoms with Crippen LogP contribution in [0.2, 0.25) is 18.1 Å². The standard InChI is InChI=1S/C26H44O13Si/c1-13-33-20(27)14(2)34-21(28)15(3)35-22(29)16(4)36-23(30)17(5)37-24(31)18(6)38-25(32)19(7)39-40(11,12)26(8,9)10/h14-19H,13H2,1-12H3/t14-,15-,16-,17-,18-,19-/m0/s1. The molecule has 0 rings (SSSR count). The average Bonchev–Trinajstić information content (AvgIpc) is 2.82. The summed E-state index contributed by atoms with van der Waals surface area (Å²) in [5.41, 5.74) is 0. The monoisotopic (exact) mass is 592 g/mol. The Balaban J connectivity index is 4.81. The summed E-state index contributed by atoms with van der Waals surface area (Å²) in [6.45, 7) is 19.4. The summed E-state index contributed by atoms with van der Waals surface area (Å²) < 4.78 is 35.6. The lowest BCUT2D eigenvalue weighted by molar-refractivity contribution is -0.187. The molecule has 0 fully saturated rings. The molecule has 13 nitrogen and oxygen atoms in total. The molecule has 40 heavy (non-hydrogen) atoms. The van der Waals surface area contributed by atoms with Gasteiger partial charge in [0.2, 0.25) is 0 Å². The third-order valence-electron chi connectivity index (χ3n) is 6.02. The Labute approximate surface area is 236 Å². The summed E-state index contributed by atoms with van der Waals surface area (Å²) in [4.78, 5) is 73.0. The van der Waals surface area contributed by atoms with Crippen LogP contribution in [0.25, 0.3) is 0 Å². The molecule has 0 saturated carbocycles. The van der Waals surface area contributed by atoms with Crippen LogP contribution < -0.4 is 0 Å². The lowest BCUT2D eigenvalue weighted by Gasteiger charge is -2.37. The first kappa shape index (κ1) is 37.0. The Morgan fingerprint density at radius 1 is 0.525 bits per heavy atom. The summed E-state index contributed by atoms with van der Waals surface area (Å²) in [6.07, 6.45) is -7.83. The zero-order valence-electron chi connectivity index (χ0n) is 25.5. The first-order valence-electron chi connectivity index (χ1n) is 13.0. The summed E-state index contributed by atoms with van der Waals surface area (Å²) in [5, 5.41) is -0.143. The van der Waals surface area contributed by atoms with Gasteiger partial charge in [-0.2, -0.15) is 0 Å². The molecule has 0 saturated heterocycles. The number of hydrogen-bond donors (Lipinski definition) is 0. The molecule has 0 unspecified atom stereocenters. The van der Waals surface area contributed by atoms with E-state index >= 15 is 0 Å². The molecular formula is C26H44O13Si. The number of hydrogen-bond acceptors (Lipinski definition) is 13. The van der Waals surface area contributed by atoms with Crippen LogP contribution in [-0.2, 0) is 61.6 Å². The molecule has 0 N–H and O–H groups in total. The molecule has 0 aliphatic rings. The van der Waals surface area contributed by atoms with Gasteiger partial charge in [0.1, 0.15) is 6.10 Å². The maximum atomic E-state index is 12.4. The van der Waals surface area contributed by atoms with Gasteiger partial charge in [-0.15, -0.1) is 0 Å². The van der Waals surface area contributed by atoms with Gasteiger partial charge in [0.15, 0.2) is 38.8 Å². The quantitative estimate of drug-likeness (QED) is 0.164. The van der Waals surface area contributed by atoms with Crippen molar-refractivity contribution in [1.29, 1.82) is 0 Å². The Kier molecular flexibility index (Phi) is 14.5. The lowest BCUT2D eigenvalue weighted by Crippen LogP contribution is -2.46. The molecule has 0 aliphatic heterocycles. The number of rotatable bonds is 14. The fourth-order valence-electron chi connectivity index (χ4n) is 2.52. The van der Waals surface area contributed by atoms with Crippen molar-refractivity contribution in [3.63, 3.8) is 0 Å². The van der Waals surface area contributed by atoms with Gasteiger partial charge in [-0.3, -0.25) is 0 Å². The van der Waals surface area contributed by atoms with Crippen LogP contribution in [0.5, 0.6) is 0 Å². The lowest BCUT2D eigenvalue weighted by atomic mass is 10.2. The van der Waals surface area contributed by atoms with Crippen molar-refractivity contribution >= 4 is 44.1 Å². The highest BCUT2D eigenvalue weighted by Gasteiger charge is 2.40. The van der Waals surface area contributed by atoms with E-state index in [-0.39, 0.29) is 11.6 Å². The molecule has 0 bridgehead atoms. The van der Waals surface area contributed by atoms with E-state index < -0.39 is 80.8 Å². The van der Waals surface area contributed by atoms with Gasteiger partial charge >= 0.3 is 35.8 Å².